The molecule has 1 N–H and O–H groups in total. The Hall–Kier alpha value is 0.707. The predicted molar refractivity (Wildman–Crippen MR) is 54.5 cm³/mol. The molecule has 0 saturated heterocycles. The van der Waals surface area contributed by atoms with Gasteiger partial charge in [0.2, 0.25) is 0 Å². The van der Waals surface area contributed by atoms with E-state index in [0.717, 1.165) is 0 Å². The van der Waals surface area contributed by atoms with Gasteiger partial charge in [0.25, 0.3) is 0 Å². The molecule has 0 fully saturated rings. The van der Waals surface area contributed by atoms with Gasteiger partial charge >= 0.3 is 18.9 Å². The van der Waals surface area contributed by atoms with Gasteiger partial charge in [-0.1, -0.05) is 27.7 Å². The molecule has 4 heteroatoms. The van der Waals surface area contributed by atoms with Crippen molar-refractivity contribution in [1.82, 2.24) is 5.32 Å². The summed E-state index contributed by atoms with van der Waals surface area (Å²) in [5.74, 6) is 0. The van der Waals surface area contributed by atoms with Crippen molar-refractivity contribution >= 4 is 10.8 Å². The zero-order valence-electron chi connectivity index (χ0n) is 10.5. The molecule has 0 aromatic heterocycles. The Kier molecular flexibility index (Phi) is 18.0. The third-order valence-electron chi connectivity index (χ3n) is 0.667. The normalized spacial score (nSPS) is 9.42. The van der Waals surface area contributed by atoms with E-state index in [1.807, 2.05) is 0 Å². The van der Waals surface area contributed by atoms with Crippen LogP contribution in [0.15, 0.2) is 0 Å². The molecule has 0 aromatic rings. The maximum Gasteiger partial charge on any atom is 1.00 e. The second kappa shape index (κ2) is 11.7. The molecule has 0 rings (SSSR count). The van der Waals surface area contributed by atoms with Gasteiger partial charge in [0.05, 0.1) is 0 Å². The van der Waals surface area contributed by atoms with Crippen molar-refractivity contribution in [3.05, 3.63) is 0 Å². The van der Waals surface area contributed by atoms with E-state index in [4.69, 9.17) is 0 Å². The molecule has 0 heterocycles. The second-order valence-corrected chi connectivity index (χ2v) is 4.70. The summed E-state index contributed by atoms with van der Waals surface area (Å²) in [4.78, 5) is 0. The molecule has 72 valence electrons. The van der Waals surface area contributed by atoms with Crippen LogP contribution in [0.2, 0.25) is 0 Å². The molecule has 0 aliphatic rings. The number of hydrogen-bond acceptors (Lipinski definition) is 2. The smallest absolute Gasteiger partial charge is 1.00 e. The van der Waals surface area contributed by atoms with Crippen molar-refractivity contribution in [3.63, 3.8) is 0 Å². The number of hydrogen-bond donors (Lipinski definition) is 1. The molecule has 0 aliphatic heterocycles. The maximum absolute atomic E-state index is 9.56. The first kappa shape index (κ1) is 18.5. The van der Waals surface area contributed by atoms with Gasteiger partial charge in [-0.25, -0.2) is 0 Å². The van der Waals surface area contributed by atoms with E-state index in [-0.39, 0.29) is 20.3 Å². The molecule has 0 spiro atoms. The molecule has 2 nitrogen and oxygen atoms in total. The van der Waals surface area contributed by atoms with Crippen LogP contribution in [0.3, 0.4) is 0 Å². The zero-order chi connectivity index (χ0) is 9.44. The first-order valence-corrected chi connectivity index (χ1v) is 5.84. The zero-order valence-corrected chi connectivity index (χ0v) is 10.3. The van der Waals surface area contributed by atoms with E-state index >= 15 is 0 Å². The quantitative estimate of drug-likeness (QED) is 0.533. The van der Waals surface area contributed by atoms with Crippen molar-refractivity contribution in [2.45, 2.75) is 39.8 Å². The summed E-state index contributed by atoms with van der Waals surface area (Å²) in [6.45, 7) is 8.61. The Morgan fingerprint density at radius 1 is 1.08 bits per heavy atom. The molecule has 0 atom stereocenters. The van der Waals surface area contributed by atoms with E-state index in [9.17, 15) is 4.21 Å². The Morgan fingerprint density at radius 2 is 1.25 bits per heavy atom. The minimum atomic E-state index is -0.611. The standard InChI is InChI=1S/C6H15N.C2H6OS.Li.H/c1-5(2)7-6(3)4;1-4(2)3;;/h5-7H,1-4H3;1-2H3;;/q;;+1;-1. The van der Waals surface area contributed by atoms with Gasteiger partial charge in [-0.15, -0.1) is 0 Å². The molecule has 0 amide bonds. The minimum Gasteiger partial charge on any atom is -1.00 e. The summed E-state index contributed by atoms with van der Waals surface area (Å²) < 4.78 is 9.56. The fraction of sp³-hybridized carbons (Fsp3) is 1.00. The van der Waals surface area contributed by atoms with Gasteiger partial charge < -0.3 is 6.74 Å². The summed E-state index contributed by atoms with van der Waals surface area (Å²) in [5.41, 5.74) is 0. The van der Waals surface area contributed by atoms with E-state index in [2.05, 4.69) is 33.0 Å². The first-order chi connectivity index (χ1) is 4.86. The Morgan fingerprint density at radius 3 is 1.25 bits per heavy atom. The summed E-state index contributed by atoms with van der Waals surface area (Å²) in [6, 6.07) is 1.25. The van der Waals surface area contributed by atoms with Gasteiger partial charge in [0.15, 0.2) is 0 Å². The maximum atomic E-state index is 9.56. The Labute approximate surface area is 93.0 Å². The molecule has 12 heavy (non-hydrogen) atoms. The van der Waals surface area contributed by atoms with E-state index in [0.29, 0.717) is 12.1 Å². The summed E-state index contributed by atoms with van der Waals surface area (Å²) in [6.07, 6.45) is 3.28. The van der Waals surface area contributed by atoms with Crippen LogP contribution in [0.1, 0.15) is 29.1 Å². The molecular formula is C8H22LiNOS. The van der Waals surface area contributed by atoms with Crippen molar-refractivity contribution in [3.8, 4) is 0 Å². The van der Waals surface area contributed by atoms with Crippen LogP contribution >= 0.6 is 0 Å². The fourth-order valence-corrected chi connectivity index (χ4v) is 0.667. The van der Waals surface area contributed by atoms with E-state index in [1.165, 1.54) is 0 Å². The Bertz CT molecular complexity index is 102. The molecule has 0 aliphatic carbocycles. The minimum absolute atomic E-state index is 0. The van der Waals surface area contributed by atoms with E-state index < -0.39 is 10.8 Å². The van der Waals surface area contributed by atoms with Crippen LogP contribution in [-0.2, 0) is 10.8 Å². The molecule has 0 radical (unpaired) electrons. The van der Waals surface area contributed by atoms with Gasteiger partial charge in [-0.2, -0.15) is 0 Å². The molecule has 0 saturated carbocycles. The largest absolute Gasteiger partial charge is 1.00 e. The van der Waals surface area contributed by atoms with Gasteiger partial charge in [0, 0.05) is 35.4 Å². The van der Waals surface area contributed by atoms with Gasteiger partial charge in [0.1, 0.15) is 0 Å². The van der Waals surface area contributed by atoms with Crippen LogP contribution < -0.4 is 24.2 Å². The second-order valence-electron chi connectivity index (χ2n) is 3.22. The molecule has 0 bridgehead atoms. The van der Waals surface area contributed by atoms with Crippen molar-refractivity contribution in [2.75, 3.05) is 12.5 Å². The van der Waals surface area contributed by atoms with Gasteiger partial charge in [-0.05, 0) is 0 Å². The number of nitrogens with one attached hydrogen (secondary N) is 1. The van der Waals surface area contributed by atoms with Crippen LogP contribution in [0, 0.1) is 0 Å². The van der Waals surface area contributed by atoms with Crippen molar-refractivity contribution in [2.24, 2.45) is 0 Å². The molecule has 0 aromatic carbocycles. The van der Waals surface area contributed by atoms with Crippen LogP contribution in [0.5, 0.6) is 0 Å². The topological polar surface area (TPSA) is 29.1 Å². The summed E-state index contributed by atoms with van der Waals surface area (Å²) in [5, 5.41) is 3.31. The number of rotatable bonds is 2. The first-order valence-electron chi connectivity index (χ1n) is 3.87. The Balaban J connectivity index is -0.0000000600. The molecular weight excluding hydrogens is 165 g/mol. The third kappa shape index (κ3) is 45.5. The van der Waals surface area contributed by atoms with Gasteiger partial charge in [-0.3, -0.25) is 4.21 Å². The predicted octanol–water partition coefficient (Wildman–Crippen LogP) is -1.50. The molecule has 0 unspecified atom stereocenters. The summed E-state index contributed by atoms with van der Waals surface area (Å²) >= 11 is 0. The van der Waals surface area contributed by atoms with Crippen LogP contribution in [0.25, 0.3) is 0 Å². The fourth-order valence-electron chi connectivity index (χ4n) is 0.667. The van der Waals surface area contributed by atoms with E-state index in [1.54, 1.807) is 12.5 Å². The third-order valence-corrected chi connectivity index (χ3v) is 0.667. The monoisotopic (exact) mass is 187 g/mol. The van der Waals surface area contributed by atoms with Crippen LogP contribution in [-0.4, -0.2) is 28.8 Å². The van der Waals surface area contributed by atoms with Crippen molar-refractivity contribution < 1.29 is 24.5 Å². The summed E-state index contributed by atoms with van der Waals surface area (Å²) in [7, 11) is -0.611. The average Bonchev–Trinajstić information content (AvgIpc) is 1.56. The average molecular weight is 187 g/mol. The van der Waals surface area contributed by atoms with Crippen molar-refractivity contribution in [1.29, 1.82) is 0 Å². The van der Waals surface area contributed by atoms with Crippen LogP contribution in [0.4, 0.5) is 0 Å². The SMILES string of the molecule is CC(C)NC(C)C.CS(C)=O.[H-].[Li+].